The van der Waals surface area contributed by atoms with Crippen LogP contribution in [0.1, 0.15) is 17.2 Å². The van der Waals surface area contributed by atoms with Crippen molar-refractivity contribution >= 4 is 43.3 Å². The van der Waals surface area contributed by atoms with E-state index in [0.29, 0.717) is 10.6 Å². The zero-order valence-corrected chi connectivity index (χ0v) is 16.4. The molecule has 2 heterocycles. The predicted molar refractivity (Wildman–Crippen MR) is 118 cm³/mol. The zero-order chi connectivity index (χ0) is 20.7. The van der Waals surface area contributed by atoms with Gasteiger partial charge in [-0.25, -0.2) is 4.98 Å². The van der Waals surface area contributed by atoms with E-state index in [4.69, 9.17) is 0 Å². The minimum Gasteiger partial charge on any atom is -0.508 e. The van der Waals surface area contributed by atoms with Crippen molar-refractivity contribution in [3.8, 4) is 5.75 Å². The third-order valence-corrected chi connectivity index (χ3v) is 5.96. The van der Waals surface area contributed by atoms with Crippen LogP contribution in [0.4, 0.5) is 10.8 Å². The molecular weight excluding hydrogens is 400 g/mol. The van der Waals surface area contributed by atoms with Gasteiger partial charge < -0.3 is 15.4 Å². The second-order valence-corrected chi connectivity index (χ2v) is 7.92. The van der Waals surface area contributed by atoms with Gasteiger partial charge in [-0.05, 0) is 29.8 Å². The molecule has 5 rings (SSSR count). The second-order valence-electron chi connectivity index (χ2n) is 6.89. The smallest absolute Gasteiger partial charge is 0.270 e. The number of hydrogen-bond acceptors (Lipinski definition) is 6. The summed E-state index contributed by atoms with van der Waals surface area (Å²) in [4.78, 5) is 18.6. The fraction of sp³-hybridized carbons (Fsp3) is 0.0455. The molecule has 3 aromatic carbocycles. The molecule has 0 saturated carbocycles. The molecule has 1 atom stereocenters. The van der Waals surface area contributed by atoms with Crippen molar-refractivity contribution in [1.29, 1.82) is 0 Å². The van der Waals surface area contributed by atoms with Crippen molar-refractivity contribution < 1.29 is 10.0 Å². The number of anilines is 1. The van der Waals surface area contributed by atoms with Crippen molar-refractivity contribution in [3.05, 3.63) is 94.2 Å². The van der Waals surface area contributed by atoms with E-state index in [9.17, 15) is 15.2 Å². The zero-order valence-electron chi connectivity index (χ0n) is 15.6. The SMILES string of the molecule is O=[N+]([O-])c1ccc2nc(N[C@H](c3ccc(O)cc3)c3c[nH]c4ccccc34)sc2c1. The maximum atomic E-state index is 11.1. The molecule has 0 unspecified atom stereocenters. The number of phenolic OH excluding ortho intramolecular Hbond substituents is 1. The van der Waals surface area contributed by atoms with E-state index in [0.717, 1.165) is 26.7 Å². The van der Waals surface area contributed by atoms with Crippen LogP contribution >= 0.6 is 11.3 Å². The Morgan fingerprint density at radius 3 is 2.70 bits per heavy atom. The lowest BCUT2D eigenvalue weighted by Gasteiger charge is -2.18. The molecule has 0 bridgehead atoms. The number of aromatic hydroxyl groups is 1. The Morgan fingerprint density at radius 1 is 1.10 bits per heavy atom. The number of thiazole rings is 1. The summed E-state index contributed by atoms with van der Waals surface area (Å²) in [5.74, 6) is 0.198. The van der Waals surface area contributed by atoms with Crippen molar-refractivity contribution in [2.45, 2.75) is 6.04 Å². The lowest BCUT2D eigenvalue weighted by Crippen LogP contribution is -2.11. The van der Waals surface area contributed by atoms with E-state index in [-0.39, 0.29) is 17.5 Å². The standard InChI is InChI=1S/C22H16N4O3S/c27-15-8-5-13(6-9-15)21(17-12-23-18-4-2-1-3-16(17)18)25-22-24-19-10-7-14(26(28)29)11-20(19)30-22/h1-12,21,23,27H,(H,24,25)/t21-/m1/s1. The first kappa shape index (κ1) is 18.1. The van der Waals surface area contributed by atoms with Gasteiger partial charge in [0, 0.05) is 34.8 Å². The van der Waals surface area contributed by atoms with Crippen LogP contribution in [0.5, 0.6) is 5.75 Å². The summed E-state index contributed by atoms with van der Waals surface area (Å²) in [5, 5.41) is 26.0. The van der Waals surface area contributed by atoms with Crippen LogP contribution in [-0.4, -0.2) is 20.0 Å². The largest absolute Gasteiger partial charge is 0.508 e. The van der Waals surface area contributed by atoms with Gasteiger partial charge >= 0.3 is 0 Å². The maximum Gasteiger partial charge on any atom is 0.270 e. The quantitative estimate of drug-likeness (QED) is 0.256. The molecular formula is C22H16N4O3S. The average Bonchev–Trinajstić information content (AvgIpc) is 3.35. The van der Waals surface area contributed by atoms with Crippen molar-refractivity contribution in [3.63, 3.8) is 0 Å². The number of hydrogen-bond donors (Lipinski definition) is 3. The minimum atomic E-state index is -0.405. The van der Waals surface area contributed by atoms with Crippen LogP contribution in [0.2, 0.25) is 0 Å². The summed E-state index contributed by atoms with van der Waals surface area (Å²) in [6.07, 6.45) is 1.97. The number of H-pyrrole nitrogens is 1. The topological polar surface area (TPSA) is 104 Å². The normalized spacial score (nSPS) is 12.3. The fourth-order valence-electron chi connectivity index (χ4n) is 3.55. The molecule has 0 radical (unpaired) electrons. The van der Waals surface area contributed by atoms with Gasteiger partial charge in [0.2, 0.25) is 0 Å². The van der Waals surface area contributed by atoms with Gasteiger partial charge in [0.05, 0.1) is 21.2 Å². The first-order chi connectivity index (χ1) is 14.6. The van der Waals surface area contributed by atoms with Gasteiger partial charge in [0.25, 0.3) is 5.69 Å². The first-order valence-corrected chi connectivity index (χ1v) is 10.1. The molecule has 8 heteroatoms. The highest BCUT2D eigenvalue weighted by Crippen LogP contribution is 2.36. The fourth-order valence-corrected chi connectivity index (χ4v) is 4.48. The van der Waals surface area contributed by atoms with Crippen LogP contribution in [0.25, 0.3) is 21.1 Å². The highest BCUT2D eigenvalue weighted by atomic mass is 32.1. The summed E-state index contributed by atoms with van der Waals surface area (Å²) in [6.45, 7) is 0. The third-order valence-electron chi connectivity index (χ3n) is 5.01. The molecule has 0 amide bonds. The Kier molecular flexibility index (Phi) is 4.33. The first-order valence-electron chi connectivity index (χ1n) is 9.25. The molecule has 0 fully saturated rings. The number of nitrogens with one attached hydrogen (secondary N) is 2. The number of para-hydroxylation sites is 1. The minimum absolute atomic E-state index is 0.0458. The summed E-state index contributed by atoms with van der Waals surface area (Å²) < 4.78 is 0.745. The van der Waals surface area contributed by atoms with Crippen LogP contribution < -0.4 is 5.32 Å². The predicted octanol–water partition coefficient (Wildman–Crippen LogP) is 5.59. The number of nitro benzene ring substituents is 1. The number of benzene rings is 3. The van der Waals surface area contributed by atoms with E-state index >= 15 is 0 Å². The van der Waals surface area contributed by atoms with Gasteiger partial charge in [0.1, 0.15) is 5.75 Å². The van der Waals surface area contributed by atoms with Gasteiger partial charge in [0.15, 0.2) is 5.13 Å². The number of aromatic amines is 1. The molecule has 2 aromatic heterocycles. The number of rotatable bonds is 5. The summed E-state index contributed by atoms with van der Waals surface area (Å²) in [5.41, 5.74) is 3.78. The highest BCUT2D eigenvalue weighted by molar-refractivity contribution is 7.22. The Bertz CT molecular complexity index is 1370. The Hall–Kier alpha value is -3.91. The highest BCUT2D eigenvalue weighted by Gasteiger charge is 2.20. The summed E-state index contributed by atoms with van der Waals surface area (Å²) >= 11 is 1.37. The Balaban J connectivity index is 1.59. The molecule has 0 spiro atoms. The summed E-state index contributed by atoms with van der Waals surface area (Å²) in [6, 6.07) is 19.5. The number of phenols is 1. The molecule has 0 aliphatic heterocycles. The molecule has 7 nitrogen and oxygen atoms in total. The van der Waals surface area contributed by atoms with E-state index in [2.05, 4.69) is 21.4 Å². The van der Waals surface area contributed by atoms with Gasteiger partial charge in [-0.3, -0.25) is 10.1 Å². The molecule has 5 aromatic rings. The average molecular weight is 416 g/mol. The van der Waals surface area contributed by atoms with E-state index in [1.165, 1.54) is 17.4 Å². The van der Waals surface area contributed by atoms with Gasteiger partial charge in [-0.1, -0.05) is 41.7 Å². The van der Waals surface area contributed by atoms with E-state index in [1.807, 2.05) is 36.5 Å². The molecule has 0 aliphatic rings. The van der Waals surface area contributed by atoms with Crippen LogP contribution in [0.15, 0.2) is 72.9 Å². The monoisotopic (exact) mass is 416 g/mol. The Morgan fingerprint density at radius 2 is 1.90 bits per heavy atom. The van der Waals surface area contributed by atoms with Crippen LogP contribution in [0.3, 0.4) is 0 Å². The molecule has 0 aliphatic carbocycles. The number of aromatic nitrogens is 2. The van der Waals surface area contributed by atoms with Crippen LogP contribution in [-0.2, 0) is 0 Å². The number of nitro groups is 1. The van der Waals surface area contributed by atoms with Gasteiger partial charge in [-0.2, -0.15) is 0 Å². The molecule has 3 N–H and O–H groups in total. The lowest BCUT2D eigenvalue weighted by molar-refractivity contribution is -0.384. The second kappa shape index (κ2) is 7.16. The lowest BCUT2D eigenvalue weighted by atomic mass is 9.98. The third kappa shape index (κ3) is 3.23. The molecule has 0 saturated heterocycles. The van der Waals surface area contributed by atoms with Crippen LogP contribution in [0, 0.1) is 10.1 Å². The summed E-state index contributed by atoms with van der Waals surface area (Å²) in [7, 11) is 0. The number of non-ortho nitro benzene ring substituents is 1. The van der Waals surface area contributed by atoms with Crippen molar-refractivity contribution in [2.24, 2.45) is 0 Å². The molecule has 148 valence electrons. The maximum absolute atomic E-state index is 11.1. The number of nitrogens with zero attached hydrogens (tertiary/aromatic N) is 2. The van der Waals surface area contributed by atoms with E-state index < -0.39 is 4.92 Å². The van der Waals surface area contributed by atoms with Gasteiger partial charge in [-0.15, -0.1) is 0 Å². The van der Waals surface area contributed by atoms with Crippen molar-refractivity contribution in [1.82, 2.24) is 9.97 Å². The number of fused-ring (bicyclic) bond motifs is 2. The molecule has 30 heavy (non-hydrogen) atoms. The van der Waals surface area contributed by atoms with Crippen molar-refractivity contribution in [2.75, 3.05) is 5.32 Å². The Labute approximate surface area is 174 Å². The van der Waals surface area contributed by atoms with E-state index in [1.54, 1.807) is 24.3 Å².